The highest BCUT2D eigenvalue weighted by atomic mass is 15.1. The van der Waals surface area contributed by atoms with Gasteiger partial charge < -0.3 is 10.6 Å². The van der Waals surface area contributed by atoms with Crippen molar-refractivity contribution in [2.45, 2.75) is 53.0 Å². The molecule has 1 aliphatic rings. The second kappa shape index (κ2) is 5.55. The summed E-state index contributed by atoms with van der Waals surface area (Å²) in [6.45, 7) is 9.46. The lowest BCUT2D eigenvalue weighted by Gasteiger charge is -2.34. The van der Waals surface area contributed by atoms with Crippen LogP contribution in [0.15, 0.2) is 0 Å². The van der Waals surface area contributed by atoms with Crippen LogP contribution in [0.5, 0.6) is 0 Å². The lowest BCUT2D eigenvalue weighted by molar-refractivity contribution is 0.308. The van der Waals surface area contributed by atoms with Gasteiger partial charge in [-0.1, -0.05) is 13.8 Å². The molecule has 0 atom stereocenters. The summed E-state index contributed by atoms with van der Waals surface area (Å²) in [4.78, 5) is 9.16. The molecule has 0 unspecified atom stereocenters. The van der Waals surface area contributed by atoms with Crippen molar-refractivity contribution in [3.05, 3.63) is 11.4 Å². The zero-order valence-corrected chi connectivity index (χ0v) is 11.9. The Bertz CT molecular complexity index is 411. The number of nitrogens with one attached hydrogen (secondary N) is 2. The van der Waals surface area contributed by atoms with E-state index in [2.05, 4.69) is 48.3 Å². The molecule has 1 aliphatic carbocycles. The maximum atomic E-state index is 4.62. The summed E-state index contributed by atoms with van der Waals surface area (Å²) in [6, 6.07) is 0.591. The number of hydrogen-bond donors (Lipinski definition) is 2. The van der Waals surface area contributed by atoms with Gasteiger partial charge in [0, 0.05) is 24.6 Å². The molecule has 1 saturated carbocycles. The molecule has 0 aromatic carbocycles. The Morgan fingerprint density at radius 3 is 2.39 bits per heavy atom. The maximum Gasteiger partial charge on any atom is 0.134 e. The number of rotatable bonds is 5. The molecule has 100 valence electrons. The first-order valence-corrected chi connectivity index (χ1v) is 7.01. The van der Waals surface area contributed by atoms with Crippen molar-refractivity contribution in [1.82, 2.24) is 9.97 Å². The summed E-state index contributed by atoms with van der Waals surface area (Å²) in [5.74, 6) is 3.74. The predicted molar refractivity (Wildman–Crippen MR) is 76.1 cm³/mol. The van der Waals surface area contributed by atoms with Crippen molar-refractivity contribution in [2.24, 2.45) is 5.92 Å². The lowest BCUT2D eigenvalue weighted by Crippen LogP contribution is -2.34. The fourth-order valence-corrected chi connectivity index (χ4v) is 2.41. The van der Waals surface area contributed by atoms with Crippen LogP contribution in [0.25, 0.3) is 0 Å². The van der Waals surface area contributed by atoms with Gasteiger partial charge in [0.25, 0.3) is 0 Å². The number of aromatic nitrogens is 2. The fourth-order valence-electron chi connectivity index (χ4n) is 2.41. The van der Waals surface area contributed by atoms with Gasteiger partial charge >= 0.3 is 0 Å². The molecular weight excluding hydrogens is 224 g/mol. The predicted octanol–water partition coefficient (Wildman–Crippen LogP) is 2.99. The van der Waals surface area contributed by atoms with Gasteiger partial charge in [-0.25, -0.2) is 9.97 Å². The molecule has 1 aromatic rings. The SMILES string of the molecule is CCNc1nc(CC)nc(NC2CC(C)C2)c1C. The van der Waals surface area contributed by atoms with Crippen molar-refractivity contribution in [2.75, 3.05) is 17.2 Å². The number of nitrogens with zero attached hydrogens (tertiary/aromatic N) is 2. The molecule has 0 aliphatic heterocycles. The molecule has 0 spiro atoms. The van der Waals surface area contributed by atoms with Crippen LogP contribution in [0.3, 0.4) is 0 Å². The van der Waals surface area contributed by atoms with E-state index in [9.17, 15) is 0 Å². The van der Waals surface area contributed by atoms with Crippen LogP contribution in [0, 0.1) is 12.8 Å². The molecule has 0 saturated heterocycles. The Hall–Kier alpha value is -1.32. The smallest absolute Gasteiger partial charge is 0.134 e. The lowest BCUT2D eigenvalue weighted by atomic mass is 9.82. The number of aryl methyl sites for hydroxylation is 1. The summed E-state index contributed by atoms with van der Waals surface area (Å²) >= 11 is 0. The third-order valence-corrected chi connectivity index (χ3v) is 3.57. The van der Waals surface area contributed by atoms with Crippen molar-refractivity contribution >= 4 is 11.6 Å². The van der Waals surface area contributed by atoms with Crippen LogP contribution in [0.2, 0.25) is 0 Å². The van der Waals surface area contributed by atoms with Gasteiger partial charge in [0.15, 0.2) is 0 Å². The molecule has 0 radical (unpaired) electrons. The second-order valence-electron chi connectivity index (χ2n) is 5.26. The molecule has 0 amide bonds. The van der Waals surface area contributed by atoms with Crippen molar-refractivity contribution < 1.29 is 0 Å². The van der Waals surface area contributed by atoms with E-state index in [-0.39, 0.29) is 0 Å². The zero-order valence-electron chi connectivity index (χ0n) is 11.9. The van der Waals surface area contributed by atoms with E-state index in [4.69, 9.17) is 0 Å². The van der Waals surface area contributed by atoms with Gasteiger partial charge in [0.1, 0.15) is 17.5 Å². The van der Waals surface area contributed by atoms with Crippen LogP contribution in [-0.2, 0) is 6.42 Å². The standard InChI is InChI=1S/C14H24N4/c1-5-12-17-13(15-6-2)10(4)14(18-12)16-11-7-9(3)8-11/h9,11H,5-8H2,1-4H3,(H2,15,16,17,18). The first-order valence-electron chi connectivity index (χ1n) is 7.01. The molecule has 4 heteroatoms. The molecule has 0 bridgehead atoms. The average molecular weight is 248 g/mol. The van der Waals surface area contributed by atoms with Crippen LogP contribution >= 0.6 is 0 Å². The van der Waals surface area contributed by atoms with Gasteiger partial charge in [0.2, 0.25) is 0 Å². The molecule has 2 rings (SSSR count). The van der Waals surface area contributed by atoms with Crippen molar-refractivity contribution in [1.29, 1.82) is 0 Å². The molecular formula is C14H24N4. The first kappa shape index (κ1) is 13.1. The Morgan fingerprint density at radius 1 is 1.17 bits per heavy atom. The summed E-state index contributed by atoms with van der Waals surface area (Å²) in [5, 5.41) is 6.88. The normalized spacial score (nSPS) is 22.4. The van der Waals surface area contributed by atoms with Crippen LogP contribution in [0.4, 0.5) is 11.6 Å². The van der Waals surface area contributed by atoms with Gasteiger partial charge in [0.05, 0.1) is 0 Å². The van der Waals surface area contributed by atoms with Crippen LogP contribution in [-0.4, -0.2) is 22.6 Å². The van der Waals surface area contributed by atoms with Crippen LogP contribution in [0.1, 0.15) is 45.0 Å². The second-order valence-corrected chi connectivity index (χ2v) is 5.26. The largest absolute Gasteiger partial charge is 0.370 e. The topological polar surface area (TPSA) is 49.8 Å². The first-order chi connectivity index (χ1) is 8.63. The minimum atomic E-state index is 0.591. The van der Waals surface area contributed by atoms with E-state index >= 15 is 0 Å². The third kappa shape index (κ3) is 2.74. The van der Waals surface area contributed by atoms with Crippen molar-refractivity contribution in [3.63, 3.8) is 0 Å². The Balaban J connectivity index is 2.18. The van der Waals surface area contributed by atoms with E-state index in [1.165, 1.54) is 12.8 Å². The van der Waals surface area contributed by atoms with Crippen molar-refractivity contribution in [3.8, 4) is 0 Å². The van der Waals surface area contributed by atoms with Gasteiger partial charge in [-0.05, 0) is 32.6 Å². The maximum absolute atomic E-state index is 4.62. The Morgan fingerprint density at radius 2 is 1.83 bits per heavy atom. The Kier molecular flexibility index (Phi) is 4.04. The van der Waals surface area contributed by atoms with Gasteiger partial charge in [-0.15, -0.1) is 0 Å². The highest BCUT2D eigenvalue weighted by Gasteiger charge is 2.26. The summed E-state index contributed by atoms with van der Waals surface area (Å²) in [5.41, 5.74) is 1.13. The molecule has 4 nitrogen and oxygen atoms in total. The Labute approximate surface area is 110 Å². The average Bonchev–Trinajstić information content (AvgIpc) is 2.32. The van der Waals surface area contributed by atoms with E-state index in [0.717, 1.165) is 41.9 Å². The fraction of sp³-hybridized carbons (Fsp3) is 0.714. The molecule has 1 fully saturated rings. The molecule has 2 N–H and O–H groups in total. The summed E-state index contributed by atoms with van der Waals surface area (Å²) < 4.78 is 0. The minimum Gasteiger partial charge on any atom is -0.370 e. The molecule has 18 heavy (non-hydrogen) atoms. The quantitative estimate of drug-likeness (QED) is 0.841. The minimum absolute atomic E-state index is 0.591. The molecule has 1 aromatic heterocycles. The summed E-state index contributed by atoms with van der Waals surface area (Å²) in [6.07, 6.45) is 3.37. The zero-order chi connectivity index (χ0) is 13.1. The van der Waals surface area contributed by atoms with E-state index in [0.29, 0.717) is 6.04 Å². The van der Waals surface area contributed by atoms with E-state index < -0.39 is 0 Å². The van der Waals surface area contributed by atoms with E-state index in [1.54, 1.807) is 0 Å². The number of anilines is 2. The van der Waals surface area contributed by atoms with Gasteiger partial charge in [-0.3, -0.25) is 0 Å². The van der Waals surface area contributed by atoms with Crippen LogP contribution < -0.4 is 10.6 Å². The highest BCUT2D eigenvalue weighted by molar-refractivity contribution is 5.57. The summed E-state index contributed by atoms with van der Waals surface area (Å²) in [7, 11) is 0. The third-order valence-electron chi connectivity index (χ3n) is 3.57. The van der Waals surface area contributed by atoms with E-state index in [1.807, 2.05) is 0 Å². The monoisotopic (exact) mass is 248 g/mol. The highest BCUT2D eigenvalue weighted by Crippen LogP contribution is 2.30. The number of hydrogen-bond acceptors (Lipinski definition) is 4. The molecule has 1 heterocycles. The van der Waals surface area contributed by atoms with Gasteiger partial charge in [-0.2, -0.15) is 0 Å².